The molecule has 0 fully saturated rings. The maximum absolute atomic E-state index is 13.7. The second kappa shape index (κ2) is 6.53. The van der Waals surface area contributed by atoms with Gasteiger partial charge in [0, 0.05) is 17.6 Å². The number of fused-ring (bicyclic) bond motifs is 3. The van der Waals surface area contributed by atoms with Crippen molar-refractivity contribution in [2.45, 2.75) is 25.1 Å². The Morgan fingerprint density at radius 3 is 2.41 bits per heavy atom. The summed E-state index contributed by atoms with van der Waals surface area (Å²) < 4.78 is 107. The summed E-state index contributed by atoms with van der Waals surface area (Å²) >= 11 is 2.85. The zero-order valence-corrected chi connectivity index (χ0v) is 15.9. The number of methoxy groups -OCH3 is 1. The molecule has 2 heterocycles. The summed E-state index contributed by atoms with van der Waals surface area (Å²) in [6.45, 7) is -0.883. The van der Waals surface area contributed by atoms with Gasteiger partial charge in [-0.3, -0.25) is 9.47 Å². The van der Waals surface area contributed by atoms with E-state index in [1.807, 2.05) is 0 Å². The number of hydrogen-bond donors (Lipinski definition) is 0. The van der Waals surface area contributed by atoms with Gasteiger partial charge in [0.2, 0.25) is 5.82 Å². The van der Waals surface area contributed by atoms with Crippen molar-refractivity contribution in [3.63, 3.8) is 0 Å². The van der Waals surface area contributed by atoms with E-state index in [0.29, 0.717) is 9.47 Å². The molecule has 1 aliphatic rings. The van der Waals surface area contributed by atoms with Gasteiger partial charge in [0.1, 0.15) is 17.7 Å². The molecular weight excluding hydrogens is 487 g/mol. The van der Waals surface area contributed by atoms with Crippen LogP contribution in [0.4, 0.5) is 35.5 Å². The van der Waals surface area contributed by atoms with E-state index in [1.54, 1.807) is 0 Å². The Labute approximate surface area is 165 Å². The van der Waals surface area contributed by atoms with E-state index in [1.165, 1.54) is 0 Å². The fourth-order valence-corrected chi connectivity index (χ4v) is 3.04. The lowest BCUT2D eigenvalue weighted by Gasteiger charge is -2.32. The monoisotopic (exact) mass is 495 g/mol. The van der Waals surface area contributed by atoms with Gasteiger partial charge in [-0.05, 0) is 15.9 Å². The van der Waals surface area contributed by atoms with Crippen LogP contribution in [0.2, 0.25) is 0 Å². The van der Waals surface area contributed by atoms with E-state index in [4.69, 9.17) is 0 Å². The highest BCUT2D eigenvalue weighted by Gasteiger charge is 2.66. The Morgan fingerprint density at radius 2 is 1.86 bits per heavy atom. The summed E-state index contributed by atoms with van der Waals surface area (Å²) in [6.07, 6.45) is -16.4. The maximum Gasteiger partial charge on any atom is 0.507 e. The standard InChI is InChI=1S/C14H9BrF7N3O4/c1-24(11(26)27-2)4-25-8-7(23-10(25)12(16,17)18)5(15)3-6-9(8)29-14(21,22)13(19,20)28-6/h3H,4H2,1-2H3. The number of benzene rings is 1. The smallest absolute Gasteiger partial charge is 0.453 e. The largest absolute Gasteiger partial charge is 0.507 e. The van der Waals surface area contributed by atoms with Crippen molar-refractivity contribution in [2.75, 3.05) is 14.2 Å². The van der Waals surface area contributed by atoms with Crippen LogP contribution in [0.3, 0.4) is 0 Å². The molecular formula is C14H9BrF7N3O4. The van der Waals surface area contributed by atoms with Crippen LogP contribution in [-0.4, -0.2) is 46.9 Å². The van der Waals surface area contributed by atoms with E-state index in [0.717, 1.165) is 20.2 Å². The quantitative estimate of drug-likeness (QED) is 0.576. The first-order valence-corrected chi connectivity index (χ1v) is 8.21. The predicted molar refractivity (Wildman–Crippen MR) is 83.8 cm³/mol. The molecule has 2 aromatic rings. The summed E-state index contributed by atoms with van der Waals surface area (Å²) in [4.78, 5) is 15.6. The number of rotatable bonds is 2. The SMILES string of the molecule is COC(=O)N(C)Cn1c(C(F)(F)F)nc2c(Br)cc3c(c21)OC(F)(F)C(F)(F)O3. The first kappa shape index (κ1) is 21.3. The molecule has 0 saturated heterocycles. The topological polar surface area (TPSA) is 65.8 Å². The van der Waals surface area contributed by atoms with Crippen LogP contribution in [0.25, 0.3) is 11.0 Å². The number of amides is 1. The van der Waals surface area contributed by atoms with Gasteiger partial charge in [0.15, 0.2) is 11.5 Å². The summed E-state index contributed by atoms with van der Waals surface area (Å²) in [5, 5.41) is 0. The number of carbonyl (C=O) groups excluding carboxylic acids is 1. The van der Waals surface area contributed by atoms with Crippen LogP contribution in [0.1, 0.15) is 5.82 Å². The van der Waals surface area contributed by atoms with Gasteiger partial charge in [0.05, 0.1) is 7.11 Å². The van der Waals surface area contributed by atoms with Gasteiger partial charge in [0.25, 0.3) is 0 Å². The van der Waals surface area contributed by atoms with Gasteiger partial charge in [-0.2, -0.15) is 30.7 Å². The number of aromatic nitrogens is 2. The van der Waals surface area contributed by atoms with E-state index in [9.17, 15) is 35.5 Å². The van der Waals surface area contributed by atoms with E-state index < -0.39 is 59.5 Å². The molecule has 0 bridgehead atoms. The molecule has 0 radical (unpaired) electrons. The predicted octanol–water partition coefficient (Wildman–Crippen LogP) is 4.43. The van der Waals surface area contributed by atoms with Crippen molar-refractivity contribution in [2.24, 2.45) is 0 Å². The number of carbonyl (C=O) groups is 1. The molecule has 0 unspecified atom stereocenters. The molecule has 0 N–H and O–H groups in total. The van der Waals surface area contributed by atoms with Crippen molar-refractivity contribution >= 4 is 33.1 Å². The average molecular weight is 496 g/mol. The lowest BCUT2D eigenvalue weighted by Crippen LogP contribution is -2.52. The summed E-state index contributed by atoms with van der Waals surface area (Å²) in [5.41, 5.74) is -1.27. The molecule has 160 valence electrons. The Kier molecular flexibility index (Phi) is 4.79. The summed E-state index contributed by atoms with van der Waals surface area (Å²) in [6, 6.07) is 0.725. The van der Waals surface area contributed by atoms with Crippen molar-refractivity contribution in [1.29, 1.82) is 0 Å². The number of hydrogen-bond acceptors (Lipinski definition) is 5. The molecule has 0 saturated carbocycles. The van der Waals surface area contributed by atoms with Crippen LogP contribution in [0.5, 0.6) is 11.5 Å². The van der Waals surface area contributed by atoms with Gasteiger partial charge in [-0.1, -0.05) is 0 Å². The molecule has 0 atom stereocenters. The van der Waals surface area contributed by atoms with E-state index >= 15 is 0 Å². The first-order valence-electron chi connectivity index (χ1n) is 7.42. The third-order valence-electron chi connectivity index (χ3n) is 3.79. The van der Waals surface area contributed by atoms with Crippen LogP contribution in [0, 0.1) is 0 Å². The summed E-state index contributed by atoms with van der Waals surface area (Å²) in [5.74, 6) is -3.64. The average Bonchev–Trinajstić information content (AvgIpc) is 2.96. The molecule has 0 aliphatic carbocycles. The van der Waals surface area contributed by atoms with Crippen LogP contribution < -0.4 is 9.47 Å². The van der Waals surface area contributed by atoms with Crippen molar-refractivity contribution in [3.05, 3.63) is 16.4 Å². The molecule has 0 spiro atoms. The molecule has 15 heteroatoms. The van der Waals surface area contributed by atoms with Gasteiger partial charge >= 0.3 is 24.5 Å². The highest BCUT2D eigenvalue weighted by Crippen LogP contribution is 2.52. The van der Waals surface area contributed by atoms with E-state index in [-0.39, 0.29) is 4.47 Å². The second-order valence-electron chi connectivity index (χ2n) is 5.79. The molecule has 7 nitrogen and oxygen atoms in total. The molecule has 1 aromatic heterocycles. The van der Waals surface area contributed by atoms with Gasteiger partial charge in [-0.15, -0.1) is 0 Å². The minimum Gasteiger partial charge on any atom is -0.453 e. The first-order chi connectivity index (χ1) is 13.2. The fraction of sp³-hybridized carbons (Fsp3) is 0.429. The molecule has 1 aromatic carbocycles. The van der Waals surface area contributed by atoms with Crippen molar-refractivity contribution in [1.82, 2.24) is 14.5 Å². The molecule has 3 rings (SSSR count). The van der Waals surface area contributed by atoms with Gasteiger partial charge < -0.3 is 14.2 Å². The molecule has 1 aliphatic heterocycles. The number of nitrogens with zero attached hydrogens (tertiary/aromatic N) is 3. The lowest BCUT2D eigenvalue weighted by molar-refractivity contribution is -0.391. The normalized spacial score (nSPS) is 17.3. The Bertz CT molecular complexity index is 992. The van der Waals surface area contributed by atoms with Crippen molar-refractivity contribution < 1.29 is 49.7 Å². The zero-order chi connectivity index (χ0) is 21.9. The highest BCUT2D eigenvalue weighted by atomic mass is 79.9. The number of imidazole rings is 1. The lowest BCUT2D eigenvalue weighted by atomic mass is 10.2. The van der Waals surface area contributed by atoms with Crippen molar-refractivity contribution in [3.8, 4) is 11.5 Å². The third-order valence-corrected chi connectivity index (χ3v) is 4.40. The summed E-state index contributed by atoms with van der Waals surface area (Å²) in [7, 11) is 2.02. The fourth-order valence-electron chi connectivity index (χ4n) is 2.55. The van der Waals surface area contributed by atoms with Gasteiger partial charge in [-0.25, -0.2) is 9.78 Å². The maximum atomic E-state index is 13.7. The minimum atomic E-state index is -5.18. The highest BCUT2D eigenvalue weighted by molar-refractivity contribution is 9.10. The number of alkyl halides is 7. The Balaban J connectivity index is 2.32. The van der Waals surface area contributed by atoms with Crippen LogP contribution in [0.15, 0.2) is 10.5 Å². The third kappa shape index (κ3) is 3.40. The van der Waals surface area contributed by atoms with Crippen LogP contribution in [-0.2, 0) is 17.6 Å². The van der Waals surface area contributed by atoms with Crippen LogP contribution >= 0.6 is 15.9 Å². The Hall–Kier alpha value is -2.45. The molecule has 1 amide bonds. The second-order valence-corrected chi connectivity index (χ2v) is 6.65. The Morgan fingerprint density at radius 1 is 1.28 bits per heavy atom. The number of halogens is 8. The van der Waals surface area contributed by atoms with E-state index in [2.05, 4.69) is 35.1 Å². The minimum absolute atomic E-state index is 0.263. The zero-order valence-electron chi connectivity index (χ0n) is 14.3. The number of ether oxygens (including phenoxy) is 3. The molecule has 29 heavy (non-hydrogen) atoms.